The van der Waals surface area contributed by atoms with Crippen LogP contribution in [0.1, 0.15) is 45.4 Å². The van der Waals surface area contributed by atoms with Crippen LogP contribution in [0, 0.1) is 5.92 Å². The molecule has 0 heterocycles. The first-order chi connectivity index (χ1) is 9.04. The highest BCUT2D eigenvalue weighted by Crippen LogP contribution is 2.28. The van der Waals surface area contributed by atoms with Gasteiger partial charge in [0, 0.05) is 20.0 Å². The minimum absolute atomic E-state index is 0.0108. The van der Waals surface area contributed by atoms with Crippen molar-refractivity contribution >= 4 is 23.1 Å². The molecule has 1 amide bonds. The number of carbonyl (C=O) groups excluding carboxylic acids is 1. The van der Waals surface area contributed by atoms with Gasteiger partial charge in [-0.3, -0.25) is 4.79 Å². The fourth-order valence-electron chi connectivity index (χ4n) is 2.55. The number of nitrogens with two attached hydrogens (primary N) is 1. The number of thiocarbonyl (C=S) groups is 1. The molecule has 5 heteroatoms. The summed E-state index contributed by atoms with van der Waals surface area (Å²) in [6.45, 7) is 2.94. The fourth-order valence-corrected chi connectivity index (χ4v) is 2.64. The second kappa shape index (κ2) is 8.48. The highest BCUT2D eigenvalue weighted by atomic mass is 32.1. The van der Waals surface area contributed by atoms with Crippen molar-refractivity contribution in [3.8, 4) is 0 Å². The van der Waals surface area contributed by atoms with Crippen LogP contribution >= 0.6 is 12.2 Å². The van der Waals surface area contributed by atoms with Gasteiger partial charge in [0.2, 0.25) is 5.91 Å². The maximum absolute atomic E-state index is 11.9. The van der Waals surface area contributed by atoms with Crippen LogP contribution in [-0.2, 0) is 9.53 Å². The molecule has 2 N–H and O–H groups in total. The van der Waals surface area contributed by atoms with Crippen LogP contribution in [0.2, 0.25) is 0 Å². The average molecular weight is 286 g/mol. The van der Waals surface area contributed by atoms with E-state index in [0.717, 1.165) is 12.8 Å². The number of likely N-dealkylation sites (N-methyl/N-ethyl adjacent to an activating group) is 1. The van der Waals surface area contributed by atoms with Crippen molar-refractivity contribution in [2.45, 2.75) is 51.6 Å². The van der Waals surface area contributed by atoms with Crippen LogP contribution in [0.3, 0.4) is 0 Å². The summed E-state index contributed by atoms with van der Waals surface area (Å²) in [7, 11) is 1.77. The van der Waals surface area contributed by atoms with Crippen LogP contribution in [0.25, 0.3) is 0 Å². The summed E-state index contributed by atoms with van der Waals surface area (Å²) in [5.41, 5.74) is 5.43. The molecule has 0 bridgehead atoms. The van der Waals surface area contributed by atoms with Gasteiger partial charge < -0.3 is 15.4 Å². The Hall–Kier alpha value is -0.680. The van der Waals surface area contributed by atoms with E-state index < -0.39 is 0 Å². The summed E-state index contributed by atoms with van der Waals surface area (Å²) >= 11 is 4.81. The first-order valence-electron chi connectivity index (χ1n) is 7.18. The Labute approximate surface area is 121 Å². The van der Waals surface area contributed by atoms with Gasteiger partial charge in [-0.2, -0.15) is 0 Å². The number of amides is 1. The molecule has 0 aromatic rings. The largest absolute Gasteiger partial charge is 0.393 e. The quantitative estimate of drug-likeness (QED) is 0.728. The first-order valence-corrected chi connectivity index (χ1v) is 7.59. The van der Waals surface area contributed by atoms with Crippen LogP contribution in [0.15, 0.2) is 0 Å². The molecule has 0 aromatic heterocycles. The maximum atomic E-state index is 11.9. The molecular weight excluding hydrogens is 260 g/mol. The van der Waals surface area contributed by atoms with E-state index in [1.807, 2.05) is 0 Å². The summed E-state index contributed by atoms with van der Waals surface area (Å²) in [5, 5.41) is 0. The number of hydrogen-bond acceptors (Lipinski definition) is 3. The molecule has 4 nitrogen and oxygen atoms in total. The van der Waals surface area contributed by atoms with Gasteiger partial charge in [-0.15, -0.1) is 0 Å². The molecule has 0 aromatic carbocycles. The lowest BCUT2D eigenvalue weighted by Crippen LogP contribution is -2.36. The van der Waals surface area contributed by atoms with Gasteiger partial charge in [0.1, 0.15) is 6.61 Å². The molecule has 1 aliphatic rings. The molecule has 2 atom stereocenters. The normalized spacial score (nSPS) is 23.1. The molecule has 110 valence electrons. The molecule has 0 spiro atoms. The molecule has 0 saturated heterocycles. The highest BCUT2D eigenvalue weighted by molar-refractivity contribution is 7.80. The van der Waals surface area contributed by atoms with Crippen molar-refractivity contribution in [2.24, 2.45) is 11.7 Å². The third-order valence-electron chi connectivity index (χ3n) is 3.90. The van der Waals surface area contributed by atoms with Gasteiger partial charge in [0.05, 0.1) is 11.1 Å². The summed E-state index contributed by atoms with van der Waals surface area (Å²) in [6, 6.07) is 0. The lowest BCUT2D eigenvalue weighted by Gasteiger charge is -2.31. The Bertz CT molecular complexity index is 310. The van der Waals surface area contributed by atoms with E-state index in [9.17, 15) is 4.79 Å². The minimum Gasteiger partial charge on any atom is -0.393 e. The second-order valence-corrected chi connectivity index (χ2v) is 5.86. The second-order valence-electron chi connectivity index (χ2n) is 5.33. The standard InChI is InChI=1S/C14H26N2O2S/c1-3-11-6-4-5-7-12(11)18-10-14(17)16(2)9-8-13(15)19/h11-12H,3-10H2,1-2H3,(H2,15,19). The predicted octanol–water partition coefficient (Wildman–Crippen LogP) is 2.11. The monoisotopic (exact) mass is 286 g/mol. The number of carbonyl (C=O) groups is 1. The van der Waals surface area contributed by atoms with E-state index in [1.165, 1.54) is 19.3 Å². The van der Waals surface area contributed by atoms with E-state index in [-0.39, 0.29) is 18.6 Å². The van der Waals surface area contributed by atoms with Crippen molar-refractivity contribution in [1.82, 2.24) is 4.90 Å². The average Bonchev–Trinajstić information content (AvgIpc) is 2.42. The van der Waals surface area contributed by atoms with Gasteiger partial charge in [-0.1, -0.05) is 38.4 Å². The SMILES string of the molecule is CCC1CCCCC1OCC(=O)N(C)CCC(N)=S. The highest BCUT2D eigenvalue weighted by Gasteiger charge is 2.25. The van der Waals surface area contributed by atoms with E-state index in [2.05, 4.69) is 6.92 Å². The van der Waals surface area contributed by atoms with Crippen molar-refractivity contribution < 1.29 is 9.53 Å². The number of ether oxygens (including phenoxy) is 1. The van der Waals surface area contributed by atoms with Gasteiger partial charge in [-0.05, 0) is 18.8 Å². The number of nitrogens with zero attached hydrogens (tertiary/aromatic N) is 1. The van der Waals surface area contributed by atoms with E-state index >= 15 is 0 Å². The Morgan fingerprint density at radius 3 is 2.74 bits per heavy atom. The lowest BCUT2D eigenvalue weighted by molar-refractivity contribution is -0.138. The van der Waals surface area contributed by atoms with Crippen molar-refractivity contribution in [3.05, 3.63) is 0 Å². The maximum Gasteiger partial charge on any atom is 0.248 e. The third-order valence-corrected chi connectivity index (χ3v) is 4.11. The molecule has 1 aliphatic carbocycles. The zero-order chi connectivity index (χ0) is 14.3. The third kappa shape index (κ3) is 5.87. The van der Waals surface area contributed by atoms with Gasteiger partial charge >= 0.3 is 0 Å². The minimum atomic E-state index is 0.0108. The molecule has 2 unspecified atom stereocenters. The smallest absolute Gasteiger partial charge is 0.248 e. The van der Waals surface area contributed by atoms with Crippen LogP contribution < -0.4 is 5.73 Å². The van der Waals surface area contributed by atoms with Crippen molar-refractivity contribution in [2.75, 3.05) is 20.2 Å². The van der Waals surface area contributed by atoms with Crippen LogP contribution in [0.5, 0.6) is 0 Å². The van der Waals surface area contributed by atoms with E-state index in [0.29, 0.717) is 23.9 Å². The molecule has 1 saturated carbocycles. The van der Waals surface area contributed by atoms with Crippen LogP contribution in [-0.4, -0.2) is 42.1 Å². The zero-order valence-electron chi connectivity index (χ0n) is 12.1. The van der Waals surface area contributed by atoms with E-state index in [4.69, 9.17) is 22.7 Å². The Morgan fingerprint density at radius 2 is 2.11 bits per heavy atom. The predicted molar refractivity (Wildman–Crippen MR) is 81.0 cm³/mol. The zero-order valence-corrected chi connectivity index (χ0v) is 12.9. The lowest BCUT2D eigenvalue weighted by atomic mass is 9.85. The number of rotatable bonds is 7. The topological polar surface area (TPSA) is 55.6 Å². The molecule has 1 rings (SSSR count). The summed E-state index contributed by atoms with van der Waals surface area (Å²) in [6.07, 6.45) is 6.78. The van der Waals surface area contributed by atoms with E-state index in [1.54, 1.807) is 11.9 Å². The van der Waals surface area contributed by atoms with Gasteiger partial charge in [0.25, 0.3) is 0 Å². The van der Waals surface area contributed by atoms with Crippen LogP contribution in [0.4, 0.5) is 0 Å². The molecule has 1 fully saturated rings. The number of hydrogen-bond donors (Lipinski definition) is 1. The Morgan fingerprint density at radius 1 is 1.42 bits per heavy atom. The summed E-state index contributed by atoms with van der Waals surface area (Å²) in [5.74, 6) is 0.625. The van der Waals surface area contributed by atoms with Crippen molar-refractivity contribution in [1.29, 1.82) is 0 Å². The molecular formula is C14H26N2O2S. The summed E-state index contributed by atoms with van der Waals surface area (Å²) in [4.78, 5) is 14.0. The van der Waals surface area contributed by atoms with Crippen molar-refractivity contribution in [3.63, 3.8) is 0 Å². The van der Waals surface area contributed by atoms with Gasteiger partial charge in [0.15, 0.2) is 0 Å². The first kappa shape index (κ1) is 16.4. The molecule has 19 heavy (non-hydrogen) atoms. The van der Waals surface area contributed by atoms with Gasteiger partial charge in [-0.25, -0.2) is 0 Å². The fraction of sp³-hybridized carbons (Fsp3) is 0.857. The Kier molecular flexibility index (Phi) is 7.31. The molecule has 0 radical (unpaired) electrons. The molecule has 0 aliphatic heterocycles. The summed E-state index contributed by atoms with van der Waals surface area (Å²) < 4.78 is 5.82. The Balaban J connectivity index is 2.29.